The molecule has 5 aliphatic carbocycles. The number of ketones is 1. The Morgan fingerprint density at radius 3 is 1.83 bits per heavy atom. The molecule has 370 valence electrons. The third kappa shape index (κ3) is 8.74. The second kappa shape index (κ2) is 17.7. The highest BCUT2D eigenvalue weighted by atomic mass is 16.8. The van der Waals surface area contributed by atoms with Crippen LogP contribution in [0, 0.1) is 50.2 Å². The maximum Gasteiger partial charge on any atom is 0.335 e. The van der Waals surface area contributed by atoms with Gasteiger partial charge in [-0.1, -0.05) is 47.1 Å². The first-order chi connectivity index (χ1) is 29.8. The third-order valence-corrected chi connectivity index (χ3v) is 18.0. The highest BCUT2D eigenvalue weighted by Crippen LogP contribution is 2.75. The zero-order valence-electron chi connectivity index (χ0n) is 39.7. The lowest BCUT2D eigenvalue weighted by Crippen LogP contribution is -2.68. The van der Waals surface area contributed by atoms with Crippen molar-refractivity contribution < 1.29 is 88.6 Å². The Balaban J connectivity index is 0.000000925. The number of aliphatic hydroxyl groups is 6. The van der Waals surface area contributed by atoms with Crippen LogP contribution in [-0.2, 0) is 38.1 Å². The molecule has 0 spiro atoms. The zero-order chi connectivity index (χ0) is 48.8. The molecule has 18 nitrogen and oxygen atoms in total. The summed E-state index contributed by atoms with van der Waals surface area (Å²) < 4.78 is 24.2. The molecular weight excluding hydrogens is 851 g/mol. The van der Waals surface area contributed by atoms with Crippen LogP contribution in [0.3, 0.4) is 0 Å². The van der Waals surface area contributed by atoms with E-state index in [9.17, 15) is 60.0 Å². The number of allylic oxidation sites excluding steroid dienone is 2. The van der Waals surface area contributed by atoms with E-state index in [0.717, 1.165) is 48.7 Å². The van der Waals surface area contributed by atoms with Gasteiger partial charge in [0, 0.05) is 5.92 Å². The zero-order valence-corrected chi connectivity index (χ0v) is 39.7. The standard InChI is InChI=1S/C42H62O16.C5H14NO/c1-37(2)21-8-11-42(7)31(20(43)16-18-19-17-39(4,36(53)54)13-12-38(19,3)14-15-41(18,42)6)40(21,5)10-9-22(37)55-35-30(26(47)25(46)29(57-35)33(51)52)58-34-27(48)23(44)24(45)28(56-34)32(49)50;1-6(2,3)4-5-7/h16,19,21-31,34-35,44-48H,8-15,17H2,1-7H3,(H,49,50)(H,51,52)(H,53,54);7H,4-5H2,1-3H3/q;+1/t19-,21-,22-,23-,24-,25-,26-,27+,28-,29-,30+,31+,34-,35-,38+,39-,40-,41+,42+;/m0./s1. The van der Waals surface area contributed by atoms with Gasteiger partial charge in [0.05, 0.1) is 39.3 Å². The van der Waals surface area contributed by atoms with Crippen molar-refractivity contribution in [3.05, 3.63) is 11.6 Å². The number of aliphatic carboxylic acids is 3. The molecule has 65 heavy (non-hydrogen) atoms. The van der Waals surface area contributed by atoms with Crippen molar-refractivity contribution in [3.8, 4) is 0 Å². The van der Waals surface area contributed by atoms with Crippen molar-refractivity contribution in [2.45, 2.75) is 174 Å². The van der Waals surface area contributed by atoms with Crippen molar-refractivity contribution >= 4 is 23.7 Å². The minimum absolute atomic E-state index is 0.0217. The van der Waals surface area contributed by atoms with Crippen LogP contribution in [0.25, 0.3) is 0 Å². The molecule has 2 heterocycles. The number of likely N-dealkylation sites (N-methyl/N-ethyl adjacent to an activating group) is 1. The average molecular weight is 927 g/mol. The Hall–Kier alpha value is -2.62. The fourth-order valence-electron chi connectivity index (χ4n) is 13.7. The quantitative estimate of drug-likeness (QED) is 0.118. The summed E-state index contributed by atoms with van der Waals surface area (Å²) in [6.45, 7) is 16.0. The number of rotatable bonds is 9. The monoisotopic (exact) mass is 927 g/mol. The predicted molar refractivity (Wildman–Crippen MR) is 229 cm³/mol. The first kappa shape index (κ1) is 51.8. The van der Waals surface area contributed by atoms with Gasteiger partial charge in [-0.25, -0.2) is 9.59 Å². The number of aliphatic hydroxyl groups excluding tert-OH is 6. The Kier molecular flexibility index (Phi) is 14.1. The van der Waals surface area contributed by atoms with Crippen LogP contribution in [-0.4, -0.2) is 176 Å². The number of carboxylic acids is 3. The van der Waals surface area contributed by atoms with Crippen LogP contribution in [0.2, 0.25) is 0 Å². The van der Waals surface area contributed by atoms with Gasteiger partial charge in [-0.15, -0.1) is 0 Å². The van der Waals surface area contributed by atoms with E-state index in [1.54, 1.807) is 0 Å². The summed E-state index contributed by atoms with van der Waals surface area (Å²) in [5.74, 6) is -4.47. The number of carbonyl (C=O) groups is 4. The van der Waals surface area contributed by atoms with Crippen molar-refractivity contribution in [2.75, 3.05) is 34.3 Å². The van der Waals surface area contributed by atoms with Crippen LogP contribution in [0.5, 0.6) is 0 Å². The Labute approximate surface area is 381 Å². The SMILES string of the molecule is CC1(C)[C@@H](O[C@H]2O[C@H](C(=O)O)[C@@H](O)[C@H](O)[C@H]2O[C@@H]2O[C@H](C(=O)O)[C@@H](O)[C@H](O)[C@H]2O)CC[C@]2(C)[C@H]3C(=O)C=C4[C@@H]5C[C@@](C)(C(=O)O)CC[C@]5(C)CC[C@@]4(C)[C@]3(C)CC[C@@H]12.C[N+](C)(C)CCO. The van der Waals surface area contributed by atoms with Gasteiger partial charge in [0.15, 0.2) is 30.6 Å². The number of hydrogen-bond acceptors (Lipinski definition) is 14. The van der Waals surface area contributed by atoms with Gasteiger partial charge in [0.2, 0.25) is 0 Å². The van der Waals surface area contributed by atoms with E-state index in [2.05, 4.69) is 48.8 Å². The molecule has 0 bridgehead atoms. The third-order valence-electron chi connectivity index (χ3n) is 18.0. The van der Waals surface area contributed by atoms with Crippen LogP contribution in [0.15, 0.2) is 11.6 Å². The maximum absolute atomic E-state index is 14.8. The Bertz CT molecular complexity index is 1870. The van der Waals surface area contributed by atoms with Crippen LogP contribution >= 0.6 is 0 Å². The van der Waals surface area contributed by atoms with Crippen LogP contribution < -0.4 is 0 Å². The second-order valence-corrected chi connectivity index (χ2v) is 23.4. The summed E-state index contributed by atoms with van der Waals surface area (Å²) in [6, 6.07) is 0. The average Bonchev–Trinajstić information content (AvgIpc) is 3.19. The number of quaternary nitrogens is 1. The summed E-state index contributed by atoms with van der Waals surface area (Å²) in [5.41, 5.74) is -1.81. The van der Waals surface area contributed by atoms with E-state index in [1.165, 1.54) is 0 Å². The summed E-state index contributed by atoms with van der Waals surface area (Å²) in [4.78, 5) is 51.3. The number of fused-ring (bicyclic) bond motifs is 7. The fraction of sp³-hybridized carbons (Fsp3) is 0.872. The van der Waals surface area contributed by atoms with E-state index < -0.39 is 107 Å². The highest BCUT2D eigenvalue weighted by Gasteiger charge is 2.71. The second-order valence-electron chi connectivity index (χ2n) is 23.4. The topological polar surface area (TPSA) is 287 Å². The van der Waals surface area contributed by atoms with Gasteiger partial charge in [-0.2, -0.15) is 0 Å². The number of carbonyl (C=O) groups excluding carboxylic acids is 1. The van der Waals surface area contributed by atoms with Gasteiger partial charge < -0.3 is 69.4 Å². The fourth-order valence-corrected chi connectivity index (χ4v) is 13.7. The lowest BCUT2D eigenvalue weighted by Gasteiger charge is -2.70. The number of carboxylic acid groups (broad SMARTS) is 3. The minimum atomic E-state index is -2.05. The van der Waals surface area contributed by atoms with Gasteiger partial charge in [-0.3, -0.25) is 9.59 Å². The smallest absolute Gasteiger partial charge is 0.335 e. The van der Waals surface area contributed by atoms with Gasteiger partial charge in [0.1, 0.15) is 43.2 Å². The van der Waals surface area contributed by atoms with Crippen LogP contribution in [0.1, 0.15) is 106 Å². The molecule has 2 saturated heterocycles. The van der Waals surface area contributed by atoms with E-state index in [0.29, 0.717) is 25.7 Å². The van der Waals surface area contributed by atoms with Crippen molar-refractivity contribution in [1.82, 2.24) is 0 Å². The summed E-state index contributed by atoms with van der Waals surface area (Å²) in [7, 11) is 6.16. The molecule has 9 N–H and O–H groups in total. The summed E-state index contributed by atoms with van der Waals surface area (Å²) >= 11 is 0. The molecule has 4 saturated carbocycles. The minimum Gasteiger partial charge on any atom is -0.481 e. The normalized spacial score (nSPS) is 48.2. The number of nitrogens with zero attached hydrogens (tertiary/aromatic N) is 1. The predicted octanol–water partition coefficient (Wildman–Crippen LogP) is 1.93. The first-order valence-electron chi connectivity index (χ1n) is 23.2. The molecule has 19 atom stereocenters. The van der Waals surface area contributed by atoms with Gasteiger partial charge in [-0.05, 0) is 110 Å². The van der Waals surface area contributed by atoms with Crippen molar-refractivity contribution in [1.29, 1.82) is 0 Å². The van der Waals surface area contributed by atoms with E-state index in [4.69, 9.17) is 24.1 Å². The van der Waals surface area contributed by atoms with Crippen molar-refractivity contribution in [2.24, 2.45) is 50.2 Å². The van der Waals surface area contributed by atoms with Gasteiger partial charge >= 0.3 is 17.9 Å². The molecule has 0 aromatic heterocycles. The molecule has 18 heteroatoms. The van der Waals surface area contributed by atoms with E-state index in [1.807, 2.05) is 26.8 Å². The number of hydrogen-bond donors (Lipinski definition) is 9. The molecule has 0 radical (unpaired) electrons. The Morgan fingerprint density at radius 1 is 0.723 bits per heavy atom. The molecule has 0 unspecified atom stereocenters. The molecular formula is C47H76NO17+. The lowest BCUT2D eigenvalue weighted by molar-refractivity contribution is -0.870. The van der Waals surface area contributed by atoms with E-state index >= 15 is 0 Å². The maximum atomic E-state index is 14.8. The molecule has 2 aliphatic heterocycles. The molecule has 0 aromatic carbocycles. The Morgan fingerprint density at radius 2 is 1.29 bits per heavy atom. The number of ether oxygens (including phenoxy) is 4. The summed E-state index contributed by atoms with van der Waals surface area (Å²) in [5, 5.41) is 91.4. The van der Waals surface area contributed by atoms with Gasteiger partial charge in [0.25, 0.3) is 0 Å². The highest BCUT2D eigenvalue weighted by molar-refractivity contribution is 5.95. The van der Waals surface area contributed by atoms with Crippen molar-refractivity contribution in [3.63, 3.8) is 0 Å². The molecule has 7 aliphatic rings. The largest absolute Gasteiger partial charge is 0.481 e. The molecule has 0 aromatic rings. The molecule has 7 rings (SSSR count). The van der Waals surface area contributed by atoms with E-state index in [-0.39, 0.29) is 41.0 Å². The first-order valence-corrected chi connectivity index (χ1v) is 23.2. The molecule has 0 amide bonds. The molecule has 6 fully saturated rings. The van der Waals surface area contributed by atoms with Crippen LogP contribution in [0.4, 0.5) is 0 Å². The lowest BCUT2D eigenvalue weighted by atomic mass is 9.33. The summed E-state index contributed by atoms with van der Waals surface area (Å²) in [6.07, 6.45) is -12.2.